The monoisotopic (exact) mass is 328 g/mol. The lowest BCUT2D eigenvalue weighted by Gasteiger charge is -1.99. The first kappa shape index (κ1) is 14.4. The Bertz CT molecular complexity index is 1030. The van der Waals surface area contributed by atoms with Crippen LogP contribution in [0.25, 0.3) is 33.1 Å². The molecule has 0 aliphatic carbocycles. The molecule has 5 heteroatoms. The van der Waals surface area contributed by atoms with Gasteiger partial charge in [0.1, 0.15) is 11.1 Å². The molecule has 0 bridgehead atoms. The van der Waals surface area contributed by atoms with Gasteiger partial charge in [0.15, 0.2) is 0 Å². The Morgan fingerprint density at radius 3 is 2.67 bits per heavy atom. The number of thiazole rings is 1. The Morgan fingerprint density at radius 2 is 1.88 bits per heavy atom. The molecule has 0 spiro atoms. The van der Waals surface area contributed by atoms with E-state index >= 15 is 0 Å². The third-order valence-corrected chi connectivity index (χ3v) is 4.75. The molecule has 0 amide bonds. The van der Waals surface area contributed by atoms with Crippen LogP contribution in [0.3, 0.4) is 0 Å². The fraction of sp³-hybridized carbons (Fsp3) is 0. The van der Waals surface area contributed by atoms with Crippen LogP contribution in [0, 0.1) is 11.3 Å². The second-order valence-corrected chi connectivity index (χ2v) is 6.25. The summed E-state index contributed by atoms with van der Waals surface area (Å²) in [5.41, 5.74) is 4.24. The van der Waals surface area contributed by atoms with Crippen LogP contribution in [-0.4, -0.2) is 15.2 Å². The molecule has 4 nitrogen and oxygen atoms in total. The number of rotatable bonds is 3. The van der Waals surface area contributed by atoms with Crippen LogP contribution in [0.4, 0.5) is 0 Å². The Balaban J connectivity index is 1.79. The van der Waals surface area contributed by atoms with Crippen LogP contribution in [0.2, 0.25) is 0 Å². The van der Waals surface area contributed by atoms with Crippen molar-refractivity contribution in [2.24, 2.45) is 0 Å². The van der Waals surface area contributed by atoms with Gasteiger partial charge >= 0.3 is 0 Å². The lowest BCUT2D eigenvalue weighted by molar-refractivity contribution is 1.10. The van der Waals surface area contributed by atoms with Crippen LogP contribution >= 0.6 is 11.3 Å². The zero-order valence-corrected chi connectivity index (χ0v) is 13.4. The summed E-state index contributed by atoms with van der Waals surface area (Å²) in [7, 11) is 0. The van der Waals surface area contributed by atoms with Gasteiger partial charge in [-0.3, -0.25) is 5.10 Å². The molecule has 0 fully saturated rings. The fourth-order valence-electron chi connectivity index (χ4n) is 2.53. The average molecular weight is 328 g/mol. The summed E-state index contributed by atoms with van der Waals surface area (Å²) < 4.78 is 1.07. The van der Waals surface area contributed by atoms with Gasteiger partial charge in [-0.25, -0.2) is 4.98 Å². The van der Waals surface area contributed by atoms with Crippen LogP contribution in [0.15, 0.2) is 60.8 Å². The highest BCUT2D eigenvalue weighted by atomic mass is 32.1. The molecule has 0 unspecified atom stereocenters. The molecule has 4 rings (SSSR count). The van der Waals surface area contributed by atoms with Gasteiger partial charge in [0.05, 0.1) is 27.7 Å². The Kier molecular flexibility index (Phi) is 3.66. The van der Waals surface area contributed by atoms with E-state index in [1.165, 1.54) is 11.3 Å². The number of hydrogen-bond donors (Lipinski definition) is 1. The van der Waals surface area contributed by atoms with Gasteiger partial charge in [-0.15, -0.1) is 11.3 Å². The number of H-pyrrole nitrogens is 1. The largest absolute Gasteiger partial charge is 0.277 e. The van der Waals surface area contributed by atoms with E-state index in [0.717, 1.165) is 32.0 Å². The normalized spacial score (nSPS) is 11.5. The molecule has 2 aromatic heterocycles. The number of benzene rings is 2. The standard InChI is InChI=1S/C19H12N4S/c20-11-14(19-22-16-8-4-5-9-17(16)24-19)10-15-12-21-23-18(15)13-6-2-1-3-7-13/h1-10,12H,(H,21,23). The van der Waals surface area contributed by atoms with Crippen molar-refractivity contribution in [1.82, 2.24) is 15.2 Å². The summed E-state index contributed by atoms with van der Waals surface area (Å²) >= 11 is 1.52. The number of nitrogens with zero attached hydrogens (tertiary/aromatic N) is 3. The zero-order valence-electron chi connectivity index (χ0n) is 12.6. The second-order valence-electron chi connectivity index (χ2n) is 5.22. The van der Waals surface area contributed by atoms with Crippen molar-refractivity contribution in [1.29, 1.82) is 5.26 Å². The van der Waals surface area contributed by atoms with Crippen LogP contribution in [0.1, 0.15) is 10.6 Å². The van der Waals surface area contributed by atoms with Crippen molar-refractivity contribution in [3.8, 4) is 17.3 Å². The Morgan fingerprint density at radius 1 is 1.08 bits per heavy atom. The summed E-state index contributed by atoms with van der Waals surface area (Å²) in [5.74, 6) is 0. The molecule has 2 aromatic carbocycles. The number of hydrogen-bond acceptors (Lipinski definition) is 4. The lowest BCUT2D eigenvalue weighted by Crippen LogP contribution is -1.83. The average Bonchev–Trinajstić information content (AvgIpc) is 3.26. The van der Waals surface area contributed by atoms with Crippen LogP contribution in [0.5, 0.6) is 0 Å². The zero-order chi connectivity index (χ0) is 16.4. The van der Waals surface area contributed by atoms with Gasteiger partial charge in [0.2, 0.25) is 0 Å². The number of aromatic nitrogens is 3. The van der Waals surface area contributed by atoms with Gasteiger partial charge in [0.25, 0.3) is 0 Å². The smallest absolute Gasteiger partial charge is 0.135 e. The molecule has 114 valence electrons. The fourth-order valence-corrected chi connectivity index (χ4v) is 3.46. The molecule has 24 heavy (non-hydrogen) atoms. The van der Waals surface area contributed by atoms with Gasteiger partial charge in [0, 0.05) is 11.1 Å². The summed E-state index contributed by atoms with van der Waals surface area (Å²) in [6.07, 6.45) is 3.57. The first-order valence-corrected chi connectivity index (χ1v) is 8.23. The first-order chi connectivity index (χ1) is 11.8. The maximum Gasteiger partial charge on any atom is 0.135 e. The Labute approximate surface area is 142 Å². The van der Waals surface area contributed by atoms with Crippen LogP contribution in [-0.2, 0) is 0 Å². The minimum atomic E-state index is 0.537. The van der Waals surface area contributed by atoms with Crippen LogP contribution < -0.4 is 0 Å². The number of aromatic amines is 1. The molecule has 0 atom stereocenters. The van der Waals surface area contributed by atoms with Gasteiger partial charge in [-0.2, -0.15) is 10.4 Å². The van der Waals surface area contributed by atoms with E-state index in [1.54, 1.807) is 6.20 Å². The maximum atomic E-state index is 9.58. The van der Waals surface area contributed by atoms with Crippen molar-refractivity contribution in [2.45, 2.75) is 0 Å². The predicted molar refractivity (Wildman–Crippen MR) is 97.1 cm³/mol. The number of nitrogens with one attached hydrogen (secondary N) is 1. The van der Waals surface area contributed by atoms with E-state index < -0.39 is 0 Å². The minimum Gasteiger partial charge on any atom is -0.277 e. The van der Waals surface area contributed by atoms with Crippen molar-refractivity contribution in [3.05, 3.63) is 71.4 Å². The summed E-state index contributed by atoms with van der Waals surface area (Å²) in [6.45, 7) is 0. The van der Waals surface area contributed by atoms with E-state index in [-0.39, 0.29) is 0 Å². The number of nitriles is 1. The summed E-state index contributed by atoms with van der Waals surface area (Å²) in [6, 6.07) is 20.1. The van der Waals surface area contributed by atoms with E-state index in [1.807, 2.05) is 60.7 Å². The van der Waals surface area contributed by atoms with E-state index in [2.05, 4.69) is 21.3 Å². The molecule has 1 N–H and O–H groups in total. The topological polar surface area (TPSA) is 65.4 Å². The molecule has 0 saturated heterocycles. The predicted octanol–water partition coefficient (Wildman–Crippen LogP) is 4.75. The minimum absolute atomic E-state index is 0.537. The molecule has 4 aromatic rings. The highest BCUT2D eigenvalue weighted by Gasteiger charge is 2.11. The third kappa shape index (κ3) is 2.60. The molecule has 0 aliphatic heterocycles. The van der Waals surface area contributed by atoms with Gasteiger partial charge in [-0.05, 0) is 18.2 Å². The number of fused-ring (bicyclic) bond motifs is 1. The quantitative estimate of drug-likeness (QED) is 0.552. The number of para-hydroxylation sites is 1. The maximum absolute atomic E-state index is 9.58. The molecule has 0 radical (unpaired) electrons. The third-order valence-electron chi connectivity index (χ3n) is 3.68. The van der Waals surface area contributed by atoms with Crippen molar-refractivity contribution in [3.63, 3.8) is 0 Å². The van der Waals surface area contributed by atoms with Gasteiger partial charge < -0.3 is 0 Å². The van der Waals surface area contributed by atoms with Crippen molar-refractivity contribution in [2.75, 3.05) is 0 Å². The highest BCUT2D eigenvalue weighted by molar-refractivity contribution is 7.19. The van der Waals surface area contributed by atoms with E-state index in [4.69, 9.17) is 0 Å². The number of allylic oxidation sites excluding steroid dienone is 1. The molecule has 0 saturated carbocycles. The first-order valence-electron chi connectivity index (χ1n) is 7.41. The van der Waals surface area contributed by atoms with E-state index in [0.29, 0.717) is 5.57 Å². The summed E-state index contributed by atoms with van der Waals surface area (Å²) in [4.78, 5) is 4.56. The van der Waals surface area contributed by atoms with Crippen molar-refractivity contribution < 1.29 is 0 Å². The van der Waals surface area contributed by atoms with Gasteiger partial charge in [-0.1, -0.05) is 42.5 Å². The molecule has 2 heterocycles. The second kappa shape index (κ2) is 6.11. The molecular formula is C19H12N4S. The molecule has 0 aliphatic rings. The SMILES string of the molecule is N#CC(=Cc1cn[nH]c1-c1ccccc1)c1nc2ccccc2s1. The lowest BCUT2D eigenvalue weighted by atomic mass is 10.1. The van der Waals surface area contributed by atoms with E-state index in [9.17, 15) is 5.26 Å². The Hall–Kier alpha value is -3.23. The highest BCUT2D eigenvalue weighted by Crippen LogP contribution is 2.30. The van der Waals surface area contributed by atoms with Crippen molar-refractivity contribution >= 4 is 33.2 Å². The summed E-state index contributed by atoms with van der Waals surface area (Å²) in [5, 5.41) is 17.4. The molecular weight excluding hydrogens is 316 g/mol.